The highest BCUT2D eigenvalue weighted by atomic mass is 35.5. The Balaban J connectivity index is 1.63. The van der Waals surface area contributed by atoms with Gasteiger partial charge in [0, 0.05) is 24.2 Å². The summed E-state index contributed by atoms with van der Waals surface area (Å²) in [6.45, 7) is 2.51. The molecule has 1 N–H and O–H groups in total. The number of halogens is 2. The van der Waals surface area contributed by atoms with Gasteiger partial charge >= 0.3 is 0 Å². The predicted molar refractivity (Wildman–Crippen MR) is 81.1 cm³/mol. The summed E-state index contributed by atoms with van der Waals surface area (Å²) < 4.78 is 13.8. The van der Waals surface area contributed by atoms with Crippen LogP contribution < -0.4 is 5.32 Å². The average molecular weight is 311 g/mol. The van der Waals surface area contributed by atoms with Crippen LogP contribution in [0.4, 0.5) is 4.39 Å². The van der Waals surface area contributed by atoms with E-state index in [1.54, 1.807) is 4.90 Å². The van der Waals surface area contributed by atoms with Gasteiger partial charge in [0.05, 0.1) is 5.56 Å². The van der Waals surface area contributed by atoms with Crippen LogP contribution in [0.15, 0.2) is 18.2 Å². The van der Waals surface area contributed by atoms with Crippen molar-refractivity contribution >= 4 is 17.5 Å². The van der Waals surface area contributed by atoms with Gasteiger partial charge in [-0.25, -0.2) is 4.39 Å². The minimum absolute atomic E-state index is 0.0833. The van der Waals surface area contributed by atoms with Crippen molar-refractivity contribution in [1.29, 1.82) is 0 Å². The van der Waals surface area contributed by atoms with Gasteiger partial charge in [0.25, 0.3) is 5.91 Å². The molecule has 3 nitrogen and oxygen atoms in total. The van der Waals surface area contributed by atoms with Gasteiger partial charge in [-0.05, 0) is 56.3 Å². The second kappa shape index (κ2) is 6.32. The van der Waals surface area contributed by atoms with E-state index in [4.69, 9.17) is 11.6 Å². The lowest BCUT2D eigenvalue weighted by Gasteiger charge is -2.35. The van der Waals surface area contributed by atoms with E-state index in [2.05, 4.69) is 5.32 Å². The molecule has 1 aromatic rings. The minimum Gasteiger partial charge on any atom is -0.339 e. The van der Waals surface area contributed by atoms with E-state index in [0.717, 1.165) is 19.4 Å². The second-order valence-corrected chi connectivity index (χ2v) is 6.39. The number of hydrogen-bond donors (Lipinski definition) is 1. The summed E-state index contributed by atoms with van der Waals surface area (Å²) in [4.78, 5) is 14.2. The molecular weight excluding hydrogens is 291 g/mol. The van der Waals surface area contributed by atoms with E-state index in [1.165, 1.54) is 31.0 Å². The first-order valence-electron chi connectivity index (χ1n) is 7.63. The number of nitrogens with one attached hydrogen (secondary N) is 1. The number of hydrogen-bond acceptors (Lipinski definition) is 2. The van der Waals surface area contributed by atoms with Gasteiger partial charge in [-0.3, -0.25) is 4.79 Å². The lowest BCUT2D eigenvalue weighted by molar-refractivity contribution is 0.0670. The molecule has 0 aromatic heterocycles. The number of likely N-dealkylation sites (tertiary alicyclic amines) is 1. The van der Waals surface area contributed by atoms with Crippen molar-refractivity contribution in [3.63, 3.8) is 0 Å². The van der Waals surface area contributed by atoms with Crippen molar-refractivity contribution in [2.45, 2.75) is 31.7 Å². The fourth-order valence-electron chi connectivity index (χ4n) is 3.45. The molecular formula is C16H20ClFN2O. The van der Waals surface area contributed by atoms with Gasteiger partial charge in [0.2, 0.25) is 0 Å². The monoisotopic (exact) mass is 310 g/mol. The van der Waals surface area contributed by atoms with Crippen LogP contribution in [0.5, 0.6) is 0 Å². The van der Waals surface area contributed by atoms with Crippen molar-refractivity contribution in [1.82, 2.24) is 10.2 Å². The summed E-state index contributed by atoms with van der Waals surface area (Å²) in [5.74, 6) is -0.0995. The van der Waals surface area contributed by atoms with Crippen LogP contribution in [-0.2, 0) is 0 Å². The molecule has 0 aliphatic carbocycles. The van der Waals surface area contributed by atoms with Gasteiger partial charge in [-0.2, -0.15) is 0 Å². The smallest absolute Gasteiger partial charge is 0.256 e. The Labute approximate surface area is 129 Å². The summed E-state index contributed by atoms with van der Waals surface area (Å²) in [6.07, 6.45) is 4.47. The molecule has 2 aliphatic heterocycles. The number of nitrogens with zero attached hydrogens (tertiary/aromatic N) is 1. The first-order valence-corrected chi connectivity index (χ1v) is 8.00. The molecule has 2 heterocycles. The molecule has 2 saturated heterocycles. The molecule has 1 amide bonds. The molecule has 0 bridgehead atoms. The zero-order valence-electron chi connectivity index (χ0n) is 11.9. The normalized spacial score (nSPS) is 23.5. The maximum atomic E-state index is 13.8. The molecule has 5 heteroatoms. The van der Waals surface area contributed by atoms with Crippen LogP contribution in [0.1, 0.15) is 36.0 Å². The summed E-state index contributed by atoms with van der Waals surface area (Å²) >= 11 is 5.86. The Morgan fingerprint density at radius 1 is 1.29 bits per heavy atom. The number of benzene rings is 1. The molecule has 2 aliphatic rings. The van der Waals surface area contributed by atoms with E-state index in [0.29, 0.717) is 30.1 Å². The number of amides is 1. The second-order valence-electron chi connectivity index (χ2n) is 5.96. The van der Waals surface area contributed by atoms with Crippen molar-refractivity contribution in [2.75, 3.05) is 19.6 Å². The van der Waals surface area contributed by atoms with Crippen LogP contribution in [0, 0.1) is 11.7 Å². The standard InChI is InChI=1S/C16H20ClFN2O/c17-12-3-4-14(18)13(10-12)16(21)20-8-5-11(6-9-20)15-2-1-7-19-15/h3-4,10-11,15,19H,1-2,5-9H2. The zero-order valence-corrected chi connectivity index (χ0v) is 12.7. The third-order valence-electron chi connectivity index (χ3n) is 4.65. The van der Waals surface area contributed by atoms with E-state index in [9.17, 15) is 9.18 Å². The maximum Gasteiger partial charge on any atom is 0.256 e. The summed E-state index contributed by atoms with van der Waals surface area (Å²) in [6, 6.07) is 4.74. The van der Waals surface area contributed by atoms with E-state index >= 15 is 0 Å². The molecule has 0 saturated carbocycles. The maximum absolute atomic E-state index is 13.8. The Morgan fingerprint density at radius 2 is 2.05 bits per heavy atom. The largest absolute Gasteiger partial charge is 0.339 e. The first-order chi connectivity index (χ1) is 10.1. The van der Waals surface area contributed by atoms with Crippen molar-refractivity contribution < 1.29 is 9.18 Å². The van der Waals surface area contributed by atoms with Crippen LogP contribution in [0.2, 0.25) is 5.02 Å². The predicted octanol–water partition coefficient (Wildman–Crippen LogP) is 3.08. The van der Waals surface area contributed by atoms with Crippen LogP contribution in [0.25, 0.3) is 0 Å². The molecule has 3 rings (SSSR count). The van der Waals surface area contributed by atoms with Crippen LogP contribution in [-0.4, -0.2) is 36.5 Å². The fraction of sp³-hybridized carbons (Fsp3) is 0.562. The van der Waals surface area contributed by atoms with E-state index < -0.39 is 5.82 Å². The third-order valence-corrected chi connectivity index (χ3v) is 4.89. The van der Waals surface area contributed by atoms with Gasteiger partial charge in [0.15, 0.2) is 0 Å². The van der Waals surface area contributed by atoms with Crippen molar-refractivity contribution in [3.8, 4) is 0 Å². The van der Waals surface area contributed by atoms with Crippen molar-refractivity contribution in [3.05, 3.63) is 34.6 Å². The molecule has 21 heavy (non-hydrogen) atoms. The van der Waals surface area contributed by atoms with Gasteiger partial charge < -0.3 is 10.2 Å². The quantitative estimate of drug-likeness (QED) is 0.910. The fourth-order valence-corrected chi connectivity index (χ4v) is 3.62. The molecule has 1 aromatic carbocycles. The number of carbonyl (C=O) groups excluding carboxylic acids is 1. The molecule has 0 spiro atoms. The van der Waals surface area contributed by atoms with E-state index in [1.807, 2.05) is 0 Å². The summed E-state index contributed by atoms with van der Waals surface area (Å²) in [5, 5.41) is 3.93. The Bertz CT molecular complexity index is 523. The molecule has 2 fully saturated rings. The highest BCUT2D eigenvalue weighted by Gasteiger charge is 2.30. The number of piperidine rings is 1. The number of rotatable bonds is 2. The average Bonchev–Trinajstić information content (AvgIpc) is 3.03. The highest BCUT2D eigenvalue weighted by Crippen LogP contribution is 2.27. The molecule has 114 valence electrons. The lowest BCUT2D eigenvalue weighted by atomic mass is 9.88. The third kappa shape index (κ3) is 3.22. The minimum atomic E-state index is -0.496. The SMILES string of the molecule is O=C(c1cc(Cl)ccc1F)N1CCC(C2CCCN2)CC1. The van der Waals surface area contributed by atoms with Crippen LogP contribution >= 0.6 is 11.6 Å². The number of carbonyl (C=O) groups is 1. The first kappa shape index (κ1) is 14.8. The molecule has 0 radical (unpaired) electrons. The Hall–Kier alpha value is -1.13. The highest BCUT2D eigenvalue weighted by molar-refractivity contribution is 6.31. The zero-order chi connectivity index (χ0) is 14.8. The topological polar surface area (TPSA) is 32.3 Å². The Kier molecular flexibility index (Phi) is 4.45. The van der Waals surface area contributed by atoms with Crippen molar-refractivity contribution in [2.24, 2.45) is 5.92 Å². The Morgan fingerprint density at radius 3 is 2.71 bits per heavy atom. The molecule has 1 unspecified atom stereocenters. The van der Waals surface area contributed by atoms with Gasteiger partial charge in [0.1, 0.15) is 5.82 Å². The molecule has 1 atom stereocenters. The summed E-state index contributed by atoms with van der Waals surface area (Å²) in [5.41, 5.74) is 0.0833. The summed E-state index contributed by atoms with van der Waals surface area (Å²) in [7, 11) is 0. The lowest BCUT2D eigenvalue weighted by Crippen LogP contribution is -2.43. The van der Waals surface area contributed by atoms with E-state index in [-0.39, 0.29) is 11.5 Å². The van der Waals surface area contributed by atoms with Crippen LogP contribution in [0.3, 0.4) is 0 Å². The van der Waals surface area contributed by atoms with Gasteiger partial charge in [-0.1, -0.05) is 11.6 Å². The van der Waals surface area contributed by atoms with Gasteiger partial charge in [-0.15, -0.1) is 0 Å².